The van der Waals surface area contributed by atoms with Gasteiger partial charge < -0.3 is 11.1 Å². The second-order valence-corrected chi connectivity index (χ2v) is 15.6. The summed E-state index contributed by atoms with van der Waals surface area (Å²) in [5, 5.41) is 1.76. The fourth-order valence-corrected chi connectivity index (χ4v) is 6.64. The highest BCUT2D eigenvalue weighted by molar-refractivity contribution is 7.93. The molecule has 296 valence electrons. The van der Waals surface area contributed by atoms with Crippen LogP contribution in [0.3, 0.4) is 0 Å². The summed E-state index contributed by atoms with van der Waals surface area (Å²) in [6, 6.07) is 10.4. The number of hydrogen-bond acceptors (Lipinski definition) is 10. The van der Waals surface area contributed by atoms with E-state index in [9.17, 15) is 57.6 Å². The Hall–Kier alpha value is -5.41. The molecule has 0 aliphatic heterocycles. The minimum Gasteiger partial charge on any atom is -0.344 e. The number of nitrogens with two attached hydrogens (primary N) is 1. The highest BCUT2D eigenvalue weighted by atomic mass is 32.2. The minimum atomic E-state index is -3.92. The summed E-state index contributed by atoms with van der Waals surface area (Å²) in [4.78, 5) is 42.2. The zero-order valence-corrected chi connectivity index (χ0v) is 30.7. The number of hydrogen-bond donors (Lipinski definition) is 2. The van der Waals surface area contributed by atoms with Gasteiger partial charge in [-0.05, 0) is 62.4 Å². The molecule has 4 aromatic rings. The van der Waals surface area contributed by atoms with Gasteiger partial charge in [-0.1, -0.05) is 0 Å². The number of benzene rings is 2. The van der Waals surface area contributed by atoms with Gasteiger partial charge in [-0.2, -0.15) is 8.78 Å². The molecular weight excluding hydrogens is 783 g/mol. The molecule has 55 heavy (non-hydrogen) atoms. The van der Waals surface area contributed by atoms with Gasteiger partial charge in [0.05, 0.1) is 60.4 Å². The first kappa shape index (κ1) is 44.0. The first-order valence-corrected chi connectivity index (χ1v) is 19.2. The van der Waals surface area contributed by atoms with Gasteiger partial charge >= 0.3 is 6.43 Å². The molecule has 2 heterocycles. The molecule has 1 amide bonds. The molecule has 4 rings (SSSR count). The van der Waals surface area contributed by atoms with Crippen molar-refractivity contribution in [3.8, 4) is 0 Å². The third kappa shape index (κ3) is 12.6. The van der Waals surface area contributed by atoms with Crippen molar-refractivity contribution in [2.45, 2.75) is 33.4 Å². The average molecular weight is 817 g/mol. The summed E-state index contributed by atoms with van der Waals surface area (Å²) >= 11 is 0. The molecule has 3 N–H and O–H groups in total. The van der Waals surface area contributed by atoms with Gasteiger partial charge in [0.1, 0.15) is 23.3 Å². The standard InChI is InChI=1S/C18H17F4N3O4S.C16H17F2N3O3S/c1-2-30(28,29)25(15-6-12(19)5-13(20)7-15)10-14-4-3-11(8-23-14)16(26)9-24-18(27)17(21)22;1-2-25(23,24)21(15-6-12(17)5-13(18)7-15)10-14-4-3-11(9-20-14)16(22)8-19/h3-8,17H,2,9-10H2,1H3,(H,24,27);3-7,9H,2,8,10,19H2,1H3. The van der Waals surface area contributed by atoms with Gasteiger partial charge in [0.25, 0.3) is 5.91 Å². The molecule has 0 radical (unpaired) electrons. The predicted octanol–water partition coefficient (Wildman–Crippen LogP) is 4.14. The lowest BCUT2D eigenvalue weighted by Gasteiger charge is -2.23. The number of nitrogens with zero attached hydrogens (tertiary/aromatic N) is 4. The van der Waals surface area contributed by atoms with E-state index in [4.69, 9.17) is 5.73 Å². The molecule has 0 bridgehead atoms. The molecule has 0 aliphatic rings. The molecule has 2 aromatic heterocycles. The quantitative estimate of drug-likeness (QED) is 0.123. The summed E-state index contributed by atoms with van der Waals surface area (Å²) in [5.41, 5.74) is 5.67. The maximum Gasteiger partial charge on any atom is 0.315 e. The van der Waals surface area contributed by atoms with Crippen molar-refractivity contribution >= 4 is 48.9 Å². The lowest BCUT2D eigenvalue weighted by molar-refractivity contribution is -0.131. The van der Waals surface area contributed by atoms with Gasteiger partial charge in [0, 0.05) is 35.7 Å². The first-order valence-electron chi connectivity index (χ1n) is 15.9. The Morgan fingerprint density at radius 2 is 1.05 bits per heavy atom. The number of Topliss-reactive ketones (excluding diaryl/α,β-unsaturated/α-hetero) is 2. The maximum atomic E-state index is 13.5. The third-order valence-electron chi connectivity index (χ3n) is 7.38. The number of aromatic nitrogens is 2. The summed E-state index contributed by atoms with van der Waals surface area (Å²) < 4.78 is 129. The van der Waals surface area contributed by atoms with Crippen LogP contribution < -0.4 is 19.7 Å². The Bertz CT molecular complexity index is 2170. The lowest BCUT2D eigenvalue weighted by atomic mass is 10.1. The van der Waals surface area contributed by atoms with Crippen LogP contribution in [0.4, 0.5) is 37.7 Å². The number of rotatable bonds is 16. The Balaban J connectivity index is 0.000000300. The fraction of sp³-hybridized carbons (Fsp3) is 0.265. The average Bonchev–Trinajstić information content (AvgIpc) is 3.14. The number of anilines is 2. The third-order valence-corrected chi connectivity index (χ3v) is 10.9. The van der Waals surface area contributed by atoms with Gasteiger partial charge in [0.2, 0.25) is 20.0 Å². The van der Waals surface area contributed by atoms with Crippen LogP contribution in [0, 0.1) is 23.3 Å². The van der Waals surface area contributed by atoms with Crippen molar-refractivity contribution < 1.29 is 57.6 Å². The van der Waals surface area contributed by atoms with Crippen molar-refractivity contribution in [3.63, 3.8) is 0 Å². The van der Waals surface area contributed by atoms with E-state index in [0.29, 0.717) is 23.4 Å². The summed E-state index contributed by atoms with van der Waals surface area (Å²) in [6.07, 6.45) is -0.889. The molecule has 0 fully saturated rings. The Morgan fingerprint density at radius 1 is 0.673 bits per heavy atom. The second-order valence-electron chi connectivity index (χ2n) is 11.2. The largest absolute Gasteiger partial charge is 0.344 e. The SMILES string of the molecule is CCS(=O)(=O)N(Cc1ccc(C(=O)CN)cn1)c1cc(F)cc(F)c1.CCS(=O)(=O)N(Cc1ccc(C(=O)CNC(=O)C(F)F)cn1)c1cc(F)cc(F)c1. The molecule has 13 nitrogen and oxygen atoms in total. The van der Waals surface area contributed by atoms with E-state index in [1.54, 1.807) is 5.32 Å². The van der Waals surface area contributed by atoms with E-state index < -0.39 is 68.0 Å². The number of ketones is 2. The van der Waals surface area contributed by atoms with E-state index >= 15 is 0 Å². The maximum absolute atomic E-state index is 13.5. The minimum absolute atomic E-state index is 0.00462. The number of carbonyl (C=O) groups is 3. The van der Waals surface area contributed by atoms with Crippen LogP contribution >= 0.6 is 0 Å². The van der Waals surface area contributed by atoms with Crippen molar-refractivity contribution in [3.05, 3.63) is 119 Å². The Labute approximate surface area is 312 Å². The van der Waals surface area contributed by atoms with Crippen molar-refractivity contribution in [1.29, 1.82) is 0 Å². The van der Waals surface area contributed by atoms with Gasteiger partial charge in [-0.15, -0.1) is 0 Å². The van der Waals surface area contributed by atoms with E-state index in [1.165, 1.54) is 44.3 Å². The molecule has 0 atom stereocenters. The van der Waals surface area contributed by atoms with Crippen molar-refractivity contribution in [1.82, 2.24) is 15.3 Å². The predicted molar refractivity (Wildman–Crippen MR) is 189 cm³/mol. The first-order chi connectivity index (χ1) is 25.8. The Kier molecular flexibility index (Phi) is 15.4. The van der Waals surface area contributed by atoms with E-state index in [1.807, 2.05) is 0 Å². The zero-order valence-electron chi connectivity index (χ0n) is 29.1. The molecule has 0 spiro atoms. The number of amides is 1. The highest BCUT2D eigenvalue weighted by Crippen LogP contribution is 2.25. The number of alkyl halides is 2. The topological polar surface area (TPSA) is 190 Å². The van der Waals surface area contributed by atoms with Gasteiger partial charge in [-0.25, -0.2) is 34.4 Å². The summed E-state index contributed by atoms with van der Waals surface area (Å²) in [6.45, 7) is 1.37. The molecule has 0 saturated heterocycles. The number of halogens is 6. The number of carbonyl (C=O) groups excluding carboxylic acids is 3. The molecular formula is C34H34F6N6O7S2. The van der Waals surface area contributed by atoms with Crippen LogP contribution in [-0.2, 0) is 37.9 Å². The van der Waals surface area contributed by atoms with Crippen molar-refractivity contribution in [2.75, 3.05) is 33.2 Å². The monoisotopic (exact) mass is 816 g/mol. The van der Waals surface area contributed by atoms with Crippen LogP contribution in [0.15, 0.2) is 73.1 Å². The summed E-state index contributed by atoms with van der Waals surface area (Å²) in [7, 11) is -7.73. The van der Waals surface area contributed by atoms with E-state index in [2.05, 4.69) is 9.97 Å². The molecule has 21 heteroatoms. The second kappa shape index (κ2) is 19.3. The molecule has 0 unspecified atom stereocenters. The Morgan fingerprint density at radius 3 is 1.36 bits per heavy atom. The van der Waals surface area contributed by atoms with Gasteiger partial charge in [-0.3, -0.25) is 33.0 Å². The smallest absolute Gasteiger partial charge is 0.315 e. The molecule has 0 saturated carbocycles. The van der Waals surface area contributed by atoms with Crippen LogP contribution in [0.2, 0.25) is 0 Å². The fourth-order valence-electron chi connectivity index (χ4n) is 4.50. The number of sulfonamides is 2. The molecule has 0 aliphatic carbocycles. The number of pyridine rings is 2. The van der Waals surface area contributed by atoms with E-state index in [-0.39, 0.29) is 59.6 Å². The van der Waals surface area contributed by atoms with Gasteiger partial charge in [0.15, 0.2) is 11.6 Å². The normalized spacial score (nSPS) is 11.4. The van der Waals surface area contributed by atoms with Crippen LogP contribution in [0.25, 0.3) is 0 Å². The molecule has 2 aromatic carbocycles. The highest BCUT2D eigenvalue weighted by Gasteiger charge is 2.25. The summed E-state index contributed by atoms with van der Waals surface area (Å²) in [5.74, 6) is -6.86. The van der Waals surface area contributed by atoms with Crippen LogP contribution in [0.1, 0.15) is 46.0 Å². The lowest BCUT2D eigenvalue weighted by Crippen LogP contribution is -2.34. The zero-order chi connectivity index (χ0) is 41.1. The number of nitrogens with one attached hydrogen (secondary N) is 1. The van der Waals surface area contributed by atoms with E-state index in [0.717, 1.165) is 39.1 Å². The van der Waals surface area contributed by atoms with Crippen LogP contribution in [-0.4, -0.2) is 75.3 Å². The van der Waals surface area contributed by atoms with Crippen LogP contribution in [0.5, 0.6) is 0 Å². The van der Waals surface area contributed by atoms with Crippen molar-refractivity contribution in [2.24, 2.45) is 5.73 Å².